The number of hydrogen-bond donors (Lipinski definition) is 0. The smallest absolute Gasteiger partial charge is 0.410 e. The first-order chi connectivity index (χ1) is 16.4. The maximum absolute atomic E-state index is 13.6. The molecule has 7 nitrogen and oxygen atoms in total. The van der Waals surface area contributed by atoms with Crippen LogP contribution in [0.15, 0.2) is 29.2 Å². The Morgan fingerprint density at radius 1 is 0.882 bits per heavy atom. The number of nitrogens with zero attached hydrogens (tertiary/aromatic N) is 3. The van der Waals surface area contributed by atoms with Crippen molar-refractivity contribution >= 4 is 27.7 Å². The van der Waals surface area contributed by atoms with Crippen molar-refractivity contribution in [3.8, 4) is 0 Å². The summed E-state index contributed by atoms with van der Waals surface area (Å²) in [5, 5.41) is 0.513. The van der Waals surface area contributed by atoms with E-state index in [1.54, 1.807) is 28.6 Å². The lowest BCUT2D eigenvalue weighted by molar-refractivity contribution is -0.00334. The van der Waals surface area contributed by atoms with Crippen LogP contribution in [0.2, 0.25) is 5.02 Å². The summed E-state index contributed by atoms with van der Waals surface area (Å²) in [6.45, 7) is 3.81. The summed E-state index contributed by atoms with van der Waals surface area (Å²) in [7, 11) is -3.67. The first kappa shape index (κ1) is 23.1. The maximum Gasteiger partial charge on any atom is 0.410 e. The largest absolute Gasteiger partial charge is 0.444 e. The fraction of sp³-hybridized carbons (Fsp3) is 0.720. The van der Waals surface area contributed by atoms with Gasteiger partial charge in [-0.05, 0) is 88.2 Å². The summed E-state index contributed by atoms with van der Waals surface area (Å²) in [4.78, 5) is 17.9. The van der Waals surface area contributed by atoms with Gasteiger partial charge >= 0.3 is 6.09 Å². The van der Waals surface area contributed by atoms with Gasteiger partial charge in [0.2, 0.25) is 10.0 Å². The zero-order valence-corrected chi connectivity index (χ0v) is 21.1. The Labute approximate surface area is 207 Å². The molecule has 4 aliphatic heterocycles. The van der Waals surface area contributed by atoms with E-state index in [9.17, 15) is 13.2 Å². The molecule has 5 aliphatic rings. The van der Waals surface area contributed by atoms with Gasteiger partial charge in [0.15, 0.2) is 0 Å². The van der Waals surface area contributed by atoms with E-state index in [-0.39, 0.29) is 29.2 Å². The third-order valence-corrected chi connectivity index (χ3v) is 11.1. The highest BCUT2D eigenvalue weighted by molar-refractivity contribution is 7.89. The number of fused-ring (bicyclic) bond motifs is 4. The summed E-state index contributed by atoms with van der Waals surface area (Å²) in [6, 6.07) is 6.70. The van der Waals surface area contributed by atoms with Crippen LogP contribution in [0.1, 0.15) is 51.4 Å². The number of likely N-dealkylation sites (tertiary alicyclic amines) is 2. The van der Waals surface area contributed by atoms with Gasteiger partial charge in [-0.3, -0.25) is 0 Å². The molecule has 1 amide bonds. The first-order valence-corrected chi connectivity index (χ1v) is 14.7. The van der Waals surface area contributed by atoms with E-state index in [4.69, 9.17) is 16.3 Å². The molecule has 1 aliphatic carbocycles. The number of halogens is 1. The second-order valence-electron chi connectivity index (χ2n) is 10.7. The van der Waals surface area contributed by atoms with Crippen molar-refractivity contribution in [2.75, 3.05) is 26.2 Å². The Kier molecular flexibility index (Phi) is 6.07. The first-order valence-electron chi connectivity index (χ1n) is 12.9. The molecule has 4 heterocycles. The Balaban J connectivity index is 1.13. The van der Waals surface area contributed by atoms with E-state index < -0.39 is 10.0 Å². The molecule has 1 saturated carbocycles. The van der Waals surface area contributed by atoms with E-state index >= 15 is 0 Å². The third kappa shape index (κ3) is 4.04. The molecule has 186 valence electrons. The van der Waals surface area contributed by atoms with Gasteiger partial charge in [-0.15, -0.1) is 0 Å². The Bertz CT molecular complexity index is 1020. The zero-order chi connectivity index (χ0) is 23.4. The molecule has 5 fully saturated rings. The van der Waals surface area contributed by atoms with Gasteiger partial charge in [0, 0.05) is 36.1 Å². The zero-order valence-electron chi connectivity index (χ0n) is 19.5. The molecular weight excluding hydrogens is 474 g/mol. The van der Waals surface area contributed by atoms with Crippen molar-refractivity contribution in [2.24, 2.45) is 11.8 Å². The summed E-state index contributed by atoms with van der Waals surface area (Å²) in [6.07, 6.45) is 7.81. The van der Waals surface area contributed by atoms with Gasteiger partial charge in [0.25, 0.3) is 0 Å². The lowest BCUT2D eigenvalue weighted by atomic mass is 10.00. The Hall–Kier alpha value is -1.35. The monoisotopic (exact) mass is 507 g/mol. The van der Waals surface area contributed by atoms with Gasteiger partial charge in [0.05, 0.1) is 10.9 Å². The fourth-order valence-corrected chi connectivity index (χ4v) is 9.08. The number of rotatable bonds is 4. The standard InChI is InChI=1S/C25H34ClN3O4S/c26-17-4-6-19(7-5-17)34(31,32)29-22-8-9-23(29)24(21-16-20(21)22)33-25(30)28-14-10-18(11-15-28)27-12-2-1-3-13-27/h4-7,18,20-24H,1-3,8-16H2/t20?,21?,22?,23?,24-/m0/s1. The van der Waals surface area contributed by atoms with Gasteiger partial charge in [-0.2, -0.15) is 4.31 Å². The number of benzene rings is 1. The summed E-state index contributed by atoms with van der Waals surface area (Å²) < 4.78 is 34.9. The molecule has 0 radical (unpaired) electrons. The molecule has 0 N–H and O–H groups in total. The number of carbonyl (C=O) groups is 1. The van der Waals surface area contributed by atoms with Crippen LogP contribution in [0.3, 0.4) is 0 Å². The minimum atomic E-state index is -3.67. The maximum atomic E-state index is 13.6. The Morgan fingerprint density at radius 3 is 2.26 bits per heavy atom. The van der Waals surface area contributed by atoms with Crippen molar-refractivity contribution < 1.29 is 17.9 Å². The lowest BCUT2D eigenvalue weighted by Gasteiger charge is -2.41. The van der Waals surface area contributed by atoms with Crippen molar-refractivity contribution in [1.82, 2.24) is 14.1 Å². The van der Waals surface area contributed by atoms with Crippen LogP contribution in [-0.2, 0) is 14.8 Å². The molecule has 9 heteroatoms. The predicted molar refractivity (Wildman–Crippen MR) is 129 cm³/mol. The summed E-state index contributed by atoms with van der Waals surface area (Å²) in [5.41, 5.74) is 0. The molecule has 6 rings (SSSR count). The van der Waals surface area contributed by atoms with Crippen LogP contribution in [0.5, 0.6) is 0 Å². The van der Waals surface area contributed by atoms with Crippen molar-refractivity contribution in [3.05, 3.63) is 29.3 Å². The molecule has 0 spiro atoms. The average molecular weight is 508 g/mol. The number of ether oxygens (including phenoxy) is 1. The topological polar surface area (TPSA) is 70.2 Å². The molecule has 2 bridgehead atoms. The van der Waals surface area contributed by atoms with Gasteiger partial charge in [-0.25, -0.2) is 13.2 Å². The summed E-state index contributed by atoms with van der Waals surface area (Å²) in [5.74, 6) is 0.590. The summed E-state index contributed by atoms with van der Waals surface area (Å²) >= 11 is 5.98. The van der Waals surface area contributed by atoms with Gasteiger partial charge < -0.3 is 14.5 Å². The molecule has 4 unspecified atom stereocenters. The van der Waals surface area contributed by atoms with Crippen LogP contribution >= 0.6 is 11.6 Å². The van der Waals surface area contributed by atoms with Gasteiger partial charge in [0.1, 0.15) is 6.10 Å². The van der Waals surface area contributed by atoms with Crippen molar-refractivity contribution in [3.63, 3.8) is 0 Å². The number of hydrogen-bond acceptors (Lipinski definition) is 5. The van der Waals surface area contributed by atoms with Crippen molar-refractivity contribution in [1.29, 1.82) is 0 Å². The second-order valence-corrected chi connectivity index (χ2v) is 13.0. The minimum Gasteiger partial charge on any atom is -0.444 e. The highest BCUT2D eigenvalue weighted by Gasteiger charge is 2.65. The number of sulfonamides is 1. The van der Waals surface area contributed by atoms with E-state index in [0.29, 0.717) is 22.9 Å². The van der Waals surface area contributed by atoms with E-state index in [1.807, 2.05) is 4.90 Å². The molecular formula is C25H34ClN3O4S. The Morgan fingerprint density at radius 2 is 1.56 bits per heavy atom. The quantitative estimate of drug-likeness (QED) is 0.616. The molecule has 0 aromatic heterocycles. The molecule has 1 aromatic rings. The van der Waals surface area contributed by atoms with E-state index in [2.05, 4.69) is 4.90 Å². The van der Waals surface area contributed by atoms with Crippen LogP contribution in [-0.4, -0.2) is 79.0 Å². The molecule has 1 aromatic carbocycles. The predicted octanol–water partition coefficient (Wildman–Crippen LogP) is 3.97. The van der Waals surface area contributed by atoms with Crippen LogP contribution in [0, 0.1) is 11.8 Å². The number of piperidine rings is 3. The lowest BCUT2D eigenvalue weighted by Crippen LogP contribution is -2.54. The third-order valence-electron chi connectivity index (χ3n) is 8.85. The second kappa shape index (κ2) is 8.95. The molecule has 34 heavy (non-hydrogen) atoms. The van der Waals surface area contributed by atoms with Crippen LogP contribution < -0.4 is 0 Å². The van der Waals surface area contributed by atoms with Crippen LogP contribution in [0.4, 0.5) is 4.79 Å². The normalized spacial score (nSPS) is 34.6. The van der Waals surface area contributed by atoms with E-state index in [1.165, 1.54) is 32.4 Å². The number of amides is 1. The van der Waals surface area contributed by atoms with Gasteiger partial charge in [-0.1, -0.05) is 18.0 Å². The SMILES string of the molecule is O=C(O[C@H]1C2CC2C2CCC1N2S(=O)(=O)c1ccc(Cl)cc1)N1CCC(N2CCCCC2)CC1. The minimum absolute atomic E-state index is 0.0194. The molecule has 4 saturated heterocycles. The van der Waals surface area contributed by atoms with Crippen molar-refractivity contribution in [2.45, 2.75) is 80.5 Å². The highest BCUT2D eigenvalue weighted by atomic mass is 35.5. The average Bonchev–Trinajstić information content (AvgIpc) is 3.56. The molecule has 5 atom stereocenters. The van der Waals surface area contributed by atoms with Crippen LogP contribution in [0.25, 0.3) is 0 Å². The number of carbonyl (C=O) groups excluding carboxylic acids is 1. The fourth-order valence-electron chi connectivity index (χ4n) is 7.03. The highest BCUT2D eigenvalue weighted by Crippen LogP contribution is 2.58. The van der Waals surface area contributed by atoms with E-state index in [0.717, 1.165) is 45.2 Å².